The van der Waals surface area contributed by atoms with Crippen LogP contribution >= 0.6 is 0 Å². The lowest BCUT2D eigenvalue weighted by Gasteiger charge is -2.17. The number of furan rings is 1. The van der Waals surface area contributed by atoms with Crippen molar-refractivity contribution < 1.29 is 23.8 Å². The molecule has 0 radical (unpaired) electrons. The second kappa shape index (κ2) is 6.13. The van der Waals surface area contributed by atoms with Crippen LogP contribution < -0.4 is 9.47 Å². The van der Waals surface area contributed by atoms with Crippen molar-refractivity contribution in [3.8, 4) is 11.5 Å². The number of methoxy groups -OCH3 is 1. The Bertz CT molecular complexity index is 713. The third-order valence-corrected chi connectivity index (χ3v) is 3.88. The second-order valence-corrected chi connectivity index (χ2v) is 5.39. The Kier molecular flexibility index (Phi) is 4.04. The van der Waals surface area contributed by atoms with Crippen LogP contribution in [0.3, 0.4) is 0 Å². The molecule has 0 saturated heterocycles. The number of carboxylic acids is 1. The van der Waals surface area contributed by atoms with Crippen molar-refractivity contribution in [2.75, 3.05) is 13.7 Å². The van der Waals surface area contributed by atoms with E-state index in [0.29, 0.717) is 29.2 Å². The first-order valence-corrected chi connectivity index (χ1v) is 7.30. The van der Waals surface area contributed by atoms with E-state index in [9.17, 15) is 9.90 Å². The largest absolute Gasteiger partial charge is 0.497 e. The highest BCUT2D eigenvalue weighted by Crippen LogP contribution is 2.36. The Morgan fingerprint density at radius 3 is 2.95 bits per heavy atom. The van der Waals surface area contributed by atoms with E-state index in [1.807, 2.05) is 0 Å². The number of ether oxygens (including phenoxy) is 2. The zero-order valence-corrected chi connectivity index (χ0v) is 12.4. The summed E-state index contributed by atoms with van der Waals surface area (Å²) >= 11 is 0. The van der Waals surface area contributed by atoms with Gasteiger partial charge in [0.15, 0.2) is 5.75 Å². The zero-order chi connectivity index (χ0) is 15.5. The fraction of sp³-hybridized carbons (Fsp3) is 0.353. The average Bonchev–Trinajstić information content (AvgIpc) is 2.91. The minimum Gasteiger partial charge on any atom is -0.497 e. The fourth-order valence-electron chi connectivity index (χ4n) is 2.67. The van der Waals surface area contributed by atoms with E-state index in [0.717, 1.165) is 19.3 Å². The van der Waals surface area contributed by atoms with Crippen molar-refractivity contribution in [1.29, 1.82) is 0 Å². The Morgan fingerprint density at radius 1 is 1.41 bits per heavy atom. The molecule has 5 heteroatoms. The number of carbonyl (C=O) groups is 1. The Morgan fingerprint density at radius 2 is 2.27 bits per heavy atom. The van der Waals surface area contributed by atoms with Gasteiger partial charge in [-0.25, -0.2) is 4.79 Å². The number of allylic oxidation sites excluding steroid dienone is 2. The number of carboxylic acid groups (broad SMARTS) is 1. The maximum absolute atomic E-state index is 11.4. The van der Waals surface area contributed by atoms with Gasteiger partial charge in [-0.2, -0.15) is 0 Å². The van der Waals surface area contributed by atoms with Gasteiger partial charge in [0.05, 0.1) is 19.1 Å². The van der Waals surface area contributed by atoms with E-state index in [1.165, 1.54) is 0 Å². The molecule has 1 aromatic heterocycles. The lowest BCUT2D eigenvalue weighted by Crippen LogP contribution is -2.14. The van der Waals surface area contributed by atoms with Crippen molar-refractivity contribution in [3.63, 3.8) is 0 Å². The molecule has 116 valence electrons. The maximum atomic E-state index is 11.4. The molecule has 22 heavy (non-hydrogen) atoms. The number of hydrogen-bond acceptors (Lipinski definition) is 4. The smallest absolute Gasteiger partial charge is 0.375 e. The third kappa shape index (κ3) is 2.79. The number of aromatic carboxylic acids is 1. The van der Waals surface area contributed by atoms with Crippen molar-refractivity contribution in [2.45, 2.75) is 19.3 Å². The van der Waals surface area contributed by atoms with Gasteiger partial charge in [0.1, 0.15) is 11.3 Å². The van der Waals surface area contributed by atoms with Crippen LogP contribution in [0.2, 0.25) is 0 Å². The molecule has 1 N–H and O–H groups in total. The van der Waals surface area contributed by atoms with Gasteiger partial charge >= 0.3 is 5.97 Å². The van der Waals surface area contributed by atoms with E-state index in [2.05, 4.69) is 12.2 Å². The van der Waals surface area contributed by atoms with Crippen LogP contribution in [0, 0.1) is 5.92 Å². The number of fused-ring (bicyclic) bond motifs is 1. The topological polar surface area (TPSA) is 68.9 Å². The van der Waals surface area contributed by atoms with Gasteiger partial charge in [-0.05, 0) is 43.4 Å². The summed E-state index contributed by atoms with van der Waals surface area (Å²) < 4.78 is 16.4. The lowest BCUT2D eigenvalue weighted by atomic mass is 9.95. The molecule has 1 aliphatic carbocycles. The highest BCUT2D eigenvalue weighted by molar-refractivity contribution is 5.98. The standard InChI is InChI=1S/C17H18O5/c1-20-12-7-8-14-13(9-12)15(16(22-14)17(18)19)21-10-11-5-3-2-4-6-11/h2-3,7-9,11H,4-6,10H2,1H3,(H,18,19). The molecule has 0 fully saturated rings. The highest BCUT2D eigenvalue weighted by Gasteiger charge is 2.23. The molecule has 1 unspecified atom stereocenters. The van der Waals surface area contributed by atoms with Gasteiger partial charge in [0.2, 0.25) is 0 Å². The van der Waals surface area contributed by atoms with Gasteiger partial charge in [0.25, 0.3) is 5.76 Å². The summed E-state index contributed by atoms with van der Waals surface area (Å²) in [6.07, 6.45) is 7.36. The normalized spacial score (nSPS) is 17.6. The molecule has 0 spiro atoms. The van der Waals surface area contributed by atoms with Gasteiger partial charge in [0, 0.05) is 0 Å². The molecule has 3 rings (SSSR count). The van der Waals surface area contributed by atoms with E-state index < -0.39 is 5.97 Å². The first kappa shape index (κ1) is 14.5. The van der Waals surface area contributed by atoms with Gasteiger partial charge in [-0.1, -0.05) is 12.2 Å². The Labute approximate surface area is 128 Å². The van der Waals surface area contributed by atoms with Crippen molar-refractivity contribution in [1.82, 2.24) is 0 Å². The minimum atomic E-state index is -1.13. The second-order valence-electron chi connectivity index (χ2n) is 5.39. The first-order valence-electron chi connectivity index (χ1n) is 7.30. The van der Waals surface area contributed by atoms with Crippen LogP contribution in [-0.4, -0.2) is 24.8 Å². The van der Waals surface area contributed by atoms with Gasteiger partial charge in [-0.15, -0.1) is 0 Å². The molecule has 0 saturated carbocycles. The van der Waals surface area contributed by atoms with Crippen molar-refractivity contribution in [3.05, 3.63) is 36.1 Å². The summed E-state index contributed by atoms with van der Waals surface area (Å²) in [6.45, 7) is 0.483. The van der Waals surface area contributed by atoms with E-state index >= 15 is 0 Å². The molecule has 1 aliphatic rings. The molecular formula is C17H18O5. The first-order chi connectivity index (χ1) is 10.7. The summed E-state index contributed by atoms with van der Waals surface area (Å²) in [6, 6.07) is 5.16. The van der Waals surface area contributed by atoms with Gasteiger partial charge < -0.3 is 19.0 Å². The summed E-state index contributed by atoms with van der Waals surface area (Å²) in [4.78, 5) is 11.4. The highest BCUT2D eigenvalue weighted by atomic mass is 16.5. The molecule has 0 bridgehead atoms. The predicted octanol–water partition coefficient (Wildman–Crippen LogP) is 3.87. The number of hydrogen-bond donors (Lipinski definition) is 1. The van der Waals surface area contributed by atoms with Crippen LogP contribution in [-0.2, 0) is 0 Å². The molecule has 5 nitrogen and oxygen atoms in total. The Hall–Kier alpha value is -2.43. The number of rotatable bonds is 5. The summed E-state index contributed by atoms with van der Waals surface area (Å²) in [7, 11) is 1.56. The zero-order valence-electron chi connectivity index (χ0n) is 12.4. The van der Waals surface area contributed by atoms with E-state index in [-0.39, 0.29) is 11.5 Å². The predicted molar refractivity (Wildman–Crippen MR) is 81.7 cm³/mol. The van der Waals surface area contributed by atoms with Crippen LogP contribution in [0.5, 0.6) is 11.5 Å². The fourth-order valence-corrected chi connectivity index (χ4v) is 2.67. The molecule has 1 atom stereocenters. The molecule has 2 aromatic rings. The van der Waals surface area contributed by atoms with E-state index in [1.54, 1.807) is 25.3 Å². The molecule has 0 aliphatic heterocycles. The third-order valence-electron chi connectivity index (χ3n) is 3.88. The Balaban J connectivity index is 1.92. The quantitative estimate of drug-likeness (QED) is 0.849. The van der Waals surface area contributed by atoms with Crippen LogP contribution in [0.4, 0.5) is 0 Å². The SMILES string of the molecule is COc1ccc2oc(C(=O)O)c(OCC3CC=CCC3)c2c1. The summed E-state index contributed by atoms with van der Waals surface area (Å²) in [5.74, 6) is 0.0390. The summed E-state index contributed by atoms with van der Waals surface area (Å²) in [5, 5.41) is 9.94. The molecule has 0 amide bonds. The van der Waals surface area contributed by atoms with E-state index in [4.69, 9.17) is 13.9 Å². The summed E-state index contributed by atoms with van der Waals surface area (Å²) in [5.41, 5.74) is 0.483. The van der Waals surface area contributed by atoms with Crippen LogP contribution in [0.15, 0.2) is 34.8 Å². The van der Waals surface area contributed by atoms with Crippen molar-refractivity contribution in [2.24, 2.45) is 5.92 Å². The molecule has 1 heterocycles. The maximum Gasteiger partial charge on any atom is 0.375 e. The lowest BCUT2D eigenvalue weighted by molar-refractivity contribution is 0.0657. The van der Waals surface area contributed by atoms with Crippen molar-refractivity contribution >= 4 is 16.9 Å². The molecule has 1 aromatic carbocycles. The average molecular weight is 302 g/mol. The van der Waals surface area contributed by atoms with Crippen LogP contribution in [0.25, 0.3) is 11.0 Å². The monoisotopic (exact) mass is 302 g/mol. The van der Waals surface area contributed by atoms with Crippen LogP contribution in [0.1, 0.15) is 29.8 Å². The molecular weight excluding hydrogens is 284 g/mol. The number of benzene rings is 1. The van der Waals surface area contributed by atoms with Gasteiger partial charge in [-0.3, -0.25) is 0 Å². The minimum absolute atomic E-state index is 0.158.